The second kappa shape index (κ2) is 7.30. The van der Waals surface area contributed by atoms with Crippen LogP contribution in [-0.4, -0.2) is 47.7 Å². The summed E-state index contributed by atoms with van der Waals surface area (Å²) in [4.78, 5) is 25.6. The van der Waals surface area contributed by atoms with Crippen LogP contribution >= 0.6 is 23.2 Å². The molecule has 1 heterocycles. The largest absolute Gasteiger partial charge is 0.480 e. The van der Waals surface area contributed by atoms with Crippen molar-refractivity contribution in [1.82, 2.24) is 4.90 Å². The first-order chi connectivity index (χ1) is 11.5. The average molecular weight is 372 g/mol. The maximum Gasteiger partial charge on any atom is 0.323 e. The number of nitrogens with zero attached hydrogens (tertiary/aromatic N) is 1. The zero-order valence-electron chi connectivity index (χ0n) is 13.1. The lowest BCUT2D eigenvalue weighted by Gasteiger charge is -2.33. The molecule has 1 aromatic carbocycles. The first kappa shape index (κ1) is 17.5. The Morgan fingerprint density at radius 3 is 2.62 bits per heavy atom. The summed E-state index contributed by atoms with van der Waals surface area (Å²) in [6.45, 7) is 0.848. The predicted octanol–water partition coefficient (Wildman–Crippen LogP) is 3.19. The minimum absolute atomic E-state index is 0.0137. The van der Waals surface area contributed by atoms with Gasteiger partial charge in [-0.1, -0.05) is 35.3 Å². The van der Waals surface area contributed by atoms with Gasteiger partial charge in [0.2, 0.25) is 5.91 Å². The molecule has 0 bridgehead atoms. The number of ether oxygens (including phenoxy) is 1. The van der Waals surface area contributed by atoms with Crippen LogP contribution in [-0.2, 0) is 14.3 Å². The molecule has 2 atom stereocenters. The maximum atomic E-state index is 12.9. The fourth-order valence-corrected chi connectivity index (χ4v) is 3.81. The Kier molecular flexibility index (Phi) is 5.33. The minimum atomic E-state index is -0.993. The van der Waals surface area contributed by atoms with E-state index in [9.17, 15) is 9.59 Å². The van der Waals surface area contributed by atoms with E-state index < -0.39 is 5.97 Å². The van der Waals surface area contributed by atoms with Gasteiger partial charge in [-0.3, -0.25) is 9.59 Å². The van der Waals surface area contributed by atoms with E-state index in [1.165, 1.54) is 4.90 Å². The number of hydrogen-bond acceptors (Lipinski definition) is 3. The Bertz CT molecular complexity index is 645. The monoisotopic (exact) mass is 371 g/mol. The number of carbonyl (C=O) groups is 2. The second-order valence-corrected chi connectivity index (χ2v) is 7.08. The Balaban J connectivity index is 1.74. The van der Waals surface area contributed by atoms with Gasteiger partial charge < -0.3 is 14.7 Å². The number of halogens is 2. The van der Waals surface area contributed by atoms with Gasteiger partial charge in [0.05, 0.1) is 10.0 Å². The van der Waals surface area contributed by atoms with Gasteiger partial charge in [-0.2, -0.15) is 0 Å². The van der Waals surface area contributed by atoms with E-state index in [2.05, 4.69) is 0 Å². The maximum absolute atomic E-state index is 12.9. The Labute approximate surface area is 150 Å². The molecule has 5 nitrogen and oxygen atoms in total. The third-order valence-electron chi connectivity index (χ3n) is 4.71. The molecule has 0 spiro atoms. The van der Waals surface area contributed by atoms with E-state index >= 15 is 0 Å². The fourth-order valence-electron chi connectivity index (χ4n) is 3.36. The number of hydrogen-bond donors (Lipinski definition) is 1. The van der Waals surface area contributed by atoms with Crippen LogP contribution in [0.25, 0.3) is 0 Å². The molecule has 24 heavy (non-hydrogen) atoms. The van der Waals surface area contributed by atoms with E-state index in [1.54, 1.807) is 6.07 Å². The third kappa shape index (κ3) is 3.68. The Hall–Kier alpha value is -1.30. The van der Waals surface area contributed by atoms with Gasteiger partial charge in [0, 0.05) is 25.2 Å². The summed E-state index contributed by atoms with van der Waals surface area (Å²) in [7, 11) is 0. The van der Waals surface area contributed by atoms with Crippen molar-refractivity contribution in [3.8, 4) is 0 Å². The highest BCUT2D eigenvalue weighted by molar-refractivity contribution is 6.42. The molecule has 2 fully saturated rings. The molecule has 1 saturated carbocycles. The van der Waals surface area contributed by atoms with Gasteiger partial charge in [-0.05, 0) is 36.8 Å². The first-order valence-corrected chi connectivity index (χ1v) is 8.78. The molecule has 7 heteroatoms. The molecule has 2 aliphatic rings. The number of rotatable bonds is 5. The van der Waals surface area contributed by atoms with Crippen molar-refractivity contribution in [2.45, 2.75) is 31.2 Å². The van der Waals surface area contributed by atoms with Gasteiger partial charge in [0.15, 0.2) is 0 Å². The van der Waals surface area contributed by atoms with E-state index in [4.69, 9.17) is 33.0 Å². The summed E-state index contributed by atoms with van der Waals surface area (Å²) in [5.74, 6) is -1.30. The molecule has 1 saturated heterocycles. The topological polar surface area (TPSA) is 66.8 Å². The van der Waals surface area contributed by atoms with Crippen LogP contribution in [0.1, 0.15) is 30.7 Å². The number of carboxylic acids is 1. The van der Waals surface area contributed by atoms with Crippen molar-refractivity contribution in [1.29, 1.82) is 0 Å². The van der Waals surface area contributed by atoms with Crippen molar-refractivity contribution in [2.24, 2.45) is 5.92 Å². The minimum Gasteiger partial charge on any atom is -0.480 e. The van der Waals surface area contributed by atoms with Crippen molar-refractivity contribution >= 4 is 35.1 Å². The molecule has 0 unspecified atom stereocenters. The number of amides is 1. The molecular formula is C17H19Cl2NO4. The summed E-state index contributed by atoms with van der Waals surface area (Å²) in [6, 6.07) is 5.34. The van der Waals surface area contributed by atoms with Crippen molar-refractivity contribution in [3.05, 3.63) is 33.8 Å². The third-order valence-corrected chi connectivity index (χ3v) is 5.54. The average Bonchev–Trinajstić information content (AvgIpc) is 3.35. The van der Waals surface area contributed by atoms with Crippen molar-refractivity contribution < 1.29 is 19.4 Å². The zero-order chi connectivity index (χ0) is 17.3. The molecule has 1 aliphatic heterocycles. The van der Waals surface area contributed by atoms with Crippen LogP contribution in [0.15, 0.2) is 18.2 Å². The zero-order valence-corrected chi connectivity index (χ0v) is 14.6. The molecule has 0 aromatic heterocycles. The molecule has 1 aromatic rings. The highest BCUT2D eigenvalue weighted by Gasteiger charge is 2.48. The normalized spacial score (nSPS) is 23.8. The fraction of sp³-hybridized carbons (Fsp3) is 0.529. The number of carbonyl (C=O) groups excluding carboxylic acids is 1. The Morgan fingerprint density at radius 2 is 1.96 bits per heavy atom. The molecule has 3 rings (SSSR count). The number of carboxylic acid groups (broad SMARTS) is 1. The van der Waals surface area contributed by atoms with Gasteiger partial charge in [-0.15, -0.1) is 0 Å². The van der Waals surface area contributed by atoms with Crippen LogP contribution in [0.2, 0.25) is 10.0 Å². The van der Waals surface area contributed by atoms with E-state index in [0.29, 0.717) is 42.5 Å². The van der Waals surface area contributed by atoms with Gasteiger partial charge in [0.1, 0.15) is 6.54 Å². The van der Waals surface area contributed by atoms with Crippen LogP contribution < -0.4 is 0 Å². The summed E-state index contributed by atoms with van der Waals surface area (Å²) in [5.41, 5.74) is 0.866. The second-order valence-electron chi connectivity index (χ2n) is 6.30. The van der Waals surface area contributed by atoms with E-state index in [-0.39, 0.29) is 30.3 Å². The lowest BCUT2D eigenvalue weighted by Crippen LogP contribution is -2.46. The Morgan fingerprint density at radius 1 is 1.25 bits per heavy atom. The highest BCUT2D eigenvalue weighted by atomic mass is 35.5. The van der Waals surface area contributed by atoms with Crippen molar-refractivity contribution in [3.63, 3.8) is 0 Å². The lowest BCUT2D eigenvalue weighted by atomic mass is 10.0. The van der Waals surface area contributed by atoms with Crippen LogP contribution in [0.4, 0.5) is 0 Å². The lowest BCUT2D eigenvalue weighted by molar-refractivity contribution is -0.148. The molecule has 130 valence electrons. The van der Waals surface area contributed by atoms with Crippen molar-refractivity contribution in [2.75, 3.05) is 19.8 Å². The SMILES string of the molecule is O=C(O)CN(C(=O)[C@H]1C[C@H]1c1cccc(Cl)c1Cl)C1CCOCC1. The summed E-state index contributed by atoms with van der Waals surface area (Å²) < 4.78 is 5.31. The number of benzene rings is 1. The predicted molar refractivity (Wildman–Crippen MR) is 90.5 cm³/mol. The summed E-state index contributed by atoms with van der Waals surface area (Å²) in [5, 5.41) is 10.1. The molecule has 0 radical (unpaired) electrons. The van der Waals surface area contributed by atoms with Crippen LogP contribution in [0.5, 0.6) is 0 Å². The number of aliphatic carboxylic acids is 1. The quantitative estimate of drug-likeness (QED) is 0.862. The smallest absolute Gasteiger partial charge is 0.323 e. The first-order valence-electron chi connectivity index (χ1n) is 8.03. The molecule has 1 aliphatic carbocycles. The highest BCUT2D eigenvalue weighted by Crippen LogP contribution is 2.51. The van der Waals surface area contributed by atoms with Crippen LogP contribution in [0, 0.1) is 5.92 Å². The van der Waals surface area contributed by atoms with Crippen LogP contribution in [0.3, 0.4) is 0 Å². The van der Waals surface area contributed by atoms with Gasteiger partial charge in [-0.25, -0.2) is 0 Å². The molecule has 1 N–H and O–H groups in total. The van der Waals surface area contributed by atoms with Gasteiger partial charge >= 0.3 is 5.97 Å². The van der Waals surface area contributed by atoms with E-state index in [0.717, 1.165) is 5.56 Å². The molecular weight excluding hydrogens is 353 g/mol. The molecule has 1 amide bonds. The summed E-state index contributed by atoms with van der Waals surface area (Å²) >= 11 is 12.3. The van der Waals surface area contributed by atoms with Gasteiger partial charge in [0.25, 0.3) is 0 Å². The standard InChI is InChI=1S/C17H19Cl2NO4/c18-14-3-1-2-11(16(14)19)12-8-13(12)17(23)20(9-15(21)22)10-4-6-24-7-5-10/h1-3,10,12-13H,4-9H2,(H,21,22)/t12-,13-/m0/s1. The summed E-state index contributed by atoms with van der Waals surface area (Å²) in [6.07, 6.45) is 2.03. The van der Waals surface area contributed by atoms with E-state index in [1.807, 2.05) is 12.1 Å².